The number of para-hydroxylation sites is 1. The lowest BCUT2D eigenvalue weighted by atomic mass is 10.1. The van der Waals surface area contributed by atoms with Crippen LogP contribution in [0.3, 0.4) is 0 Å². The van der Waals surface area contributed by atoms with Gasteiger partial charge in [-0.15, -0.1) is 0 Å². The lowest BCUT2D eigenvalue weighted by molar-refractivity contribution is -0.124. The number of carbonyl (C=O) groups excluding carboxylic acids is 1. The molecule has 0 spiro atoms. The van der Waals surface area contributed by atoms with Gasteiger partial charge in [-0.2, -0.15) is 0 Å². The van der Waals surface area contributed by atoms with Crippen molar-refractivity contribution in [2.45, 2.75) is 32.4 Å². The van der Waals surface area contributed by atoms with Gasteiger partial charge in [-0.25, -0.2) is 4.39 Å². The largest absolute Gasteiger partial charge is 0.481 e. The van der Waals surface area contributed by atoms with Crippen LogP contribution in [0.1, 0.15) is 19.4 Å². The van der Waals surface area contributed by atoms with Crippen molar-refractivity contribution in [3.8, 4) is 5.75 Å². The molecule has 0 radical (unpaired) electrons. The van der Waals surface area contributed by atoms with E-state index in [2.05, 4.69) is 0 Å². The summed E-state index contributed by atoms with van der Waals surface area (Å²) < 4.78 is 18.8. The van der Waals surface area contributed by atoms with Crippen molar-refractivity contribution in [3.05, 3.63) is 59.9 Å². The predicted octanol–water partition coefficient (Wildman–Crippen LogP) is 3.57. The molecule has 0 saturated heterocycles. The Morgan fingerprint density at radius 3 is 2.82 bits per heavy atom. The number of hydrogen-bond donors (Lipinski definition) is 0. The van der Waals surface area contributed by atoms with E-state index in [1.165, 1.54) is 17.7 Å². The normalized spacial score (nSPS) is 18.0. The summed E-state index contributed by atoms with van der Waals surface area (Å²) in [5.41, 5.74) is 2.11. The van der Waals surface area contributed by atoms with E-state index in [1.807, 2.05) is 31.2 Å². The molecule has 2 unspecified atom stereocenters. The van der Waals surface area contributed by atoms with Crippen LogP contribution >= 0.6 is 0 Å². The highest BCUT2D eigenvalue weighted by molar-refractivity contribution is 5.99. The van der Waals surface area contributed by atoms with Gasteiger partial charge >= 0.3 is 0 Å². The SMILES string of the molecule is CC(Oc1cccc(F)c1)C(=O)N1c2ccccc2CC1C. The quantitative estimate of drug-likeness (QED) is 0.867. The van der Waals surface area contributed by atoms with Gasteiger partial charge in [0.05, 0.1) is 0 Å². The first-order chi connectivity index (χ1) is 10.6. The Hall–Kier alpha value is -2.36. The molecule has 0 saturated carbocycles. The average Bonchev–Trinajstić information content (AvgIpc) is 2.82. The van der Waals surface area contributed by atoms with Crippen LogP contribution in [0, 0.1) is 5.82 Å². The molecular formula is C18H18FNO2. The van der Waals surface area contributed by atoms with E-state index in [-0.39, 0.29) is 17.8 Å². The zero-order valence-electron chi connectivity index (χ0n) is 12.6. The Kier molecular flexibility index (Phi) is 3.84. The third-order valence-corrected chi connectivity index (χ3v) is 3.90. The van der Waals surface area contributed by atoms with E-state index >= 15 is 0 Å². The van der Waals surface area contributed by atoms with Gasteiger partial charge in [0.1, 0.15) is 11.6 Å². The Labute approximate surface area is 129 Å². The molecule has 0 N–H and O–H groups in total. The van der Waals surface area contributed by atoms with Crippen LogP contribution in [0.4, 0.5) is 10.1 Å². The summed E-state index contributed by atoms with van der Waals surface area (Å²) in [6.45, 7) is 3.72. The van der Waals surface area contributed by atoms with Crippen molar-refractivity contribution >= 4 is 11.6 Å². The van der Waals surface area contributed by atoms with E-state index in [4.69, 9.17) is 4.74 Å². The van der Waals surface area contributed by atoms with Crippen LogP contribution < -0.4 is 9.64 Å². The molecule has 1 amide bonds. The monoisotopic (exact) mass is 299 g/mol. The molecule has 2 aromatic rings. The Bertz CT molecular complexity index is 701. The first-order valence-electron chi connectivity index (χ1n) is 7.39. The van der Waals surface area contributed by atoms with E-state index < -0.39 is 6.10 Å². The van der Waals surface area contributed by atoms with Crippen LogP contribution in [0.25, 0.3) is 0 Å². The van der Waals surface area contributed by atoms with Crippen LogP contribution in [-0.2, 0) is 11.2 Å². The molecule has 0 aliphatic carbocycles. The van der Waals surface area contributed by atoms with Gasteiger partial charge in [-0.3, -0.25) is 4.79 Å². The zero-order valence-corrected chi connectivity index (χ0v) is 12.6. The molecule has 3 nitrogen and oxygen atoms in total. The number of fused-ring (bicyclic) bond motifs is 1. The van der Waals surface area contributed by atoms with Gasteiger partial charge in [0, 0.05) is 17.8 Å². The molecule has 22 heavy (non-hydrogen) atoms. The Morgan fingerprint density at radius 2 is 2.05 bits per heavy atom. The highest BCUT2D eigenvalue weighted by Crippen LogP contribution is 2.32. The van der Waals surface area contributed by atoms with Gasteiger partial charge in [0.2, 0.25) is 0 Å². The molecule has 0 aromatic heterocycles. The second-order valence-corrected chi connectivity index (χ2v) is 5.61. The van der Waals surface area contributed by atoms with Gasteiger partial charge in [-0.05, 0) is 44.0 Å². The second-order valence-electron chi connectivity index (χ2n) is 5.61. The third-order valence-electron chi connectivity index (χ3n) is 3.90. The molecule has 0 fully saturated rings. The van der Waals surface area contributed by atoms with E-state index in [0.717, 1.165) is 12.1 Å². The van der Waals surface area contributed by atoms with E-state index in [1.54, 1.807) is 24.0 Å². The average molecular weight is 299 g/mol. The summed E-state index contributed by atoms with van der Waals surface area (Å²) in [6, 6.07) is 13.8. The molecule has 0 bridgehead atoms. The predicted molar refractivity (Wildman–Crippen MR) is 83.6 cm³/mol. The lowest BCUT2D eigenvalue weighted by Crippen LogP contribution is -2.43. The standard InChI is InChI=1S/C18H18FNO2/c1-12-10-14-6-3-4-9-17(14)20(12)18(21)13(2)22-16-8-5-7-15(19)11-16/h3-9,11-13H,10H2,1-2H3. The summed E-state index contributed by atoms with van der Waals surface area (Å²) in [4.78, 5) is 14.5. The summed E-state index contributed by atoms with van der Waals surface area (Å²) >= 11 is 0. The highest BCUT2D eigenvalue weighted by Gasteiger charge is 2.33. The number of carbonyl (C=O) groups is 1. The van der Waals surface area contributed by atoms with Crippen LogP contribution in [0.2, 0.25) is 0 Å². The maximum Gasteiger partial charge on any atom is 0.268 e. The Morgan fingerprint density at radius 1 is 1.27 bits per heavy atom. The van der Waals surface area contributed by atoms with E-state index in [0.29, 0.717) is 5.75 Å². The zero-order chi connectivity index (χ0) is 15.7. The summed E-state index contributed by atoms with van der Waals surface area (Å²) in [5.74, 6) is -0.125. The fraction of sp³-hybridized carbons (Fsp3) is 0.278. The van der Waals surface area contributed by atoms with Crippen molar-refractivity contribution < 1.29 is 13.9 Å². The van der Waals surface area contributed by atoms with Crippen molar-refractivity contribution in [1.82, 2.24) is 0 Å². The molecular weight excluding hydrogens is 281 g/mol. The van der Waals surface area contributed by atoms with Gasteiger partial charge in [-0.1, -0.05) is 24.3 Å². The van der Waals surface area contributed by atoms with Gasteiger partial charge in [0.15, 0.2) is 6.10 Å². The van der Waals surface area contributed by atoms with Crippen molar-refractivity contribution in [3.63, 3.8) is 0 Å². The van der Waals surface area contributed by atoms with Crippen LogP contribution in [0.15, 0.2) is 48.5 Å². The number of anilines is 1. The maximum atomic E-state index is 13.2. The fourth-order valence-corrected chi connectivity index (χ4v) is 2.89. The van der Waals surface area contributed by atoms with Crippen molar-refractivity contribution in [1.29, 1.82) is 0 Å². The number of halogens is 1. The first-order valence-corrected chi connectivity index (χ1v) is 7.39. The molecule has 2 aromatic carbocycles. The molecule has 1 aliphatic rings. The minimum atomic E-state index is -0.671. The first kappa shape index (κ1) is 14.6. The van der Waals surface area contributed by atoms with Gasteiger partial charge < -0.3 is 9.64 Å². The molecule has 3 rings (SSSR count). The number of nitrogens with zero attached hydrogens (tertiary/aromatic N) is 1. The fourth-order valence-electron chi connectivity index (χ4n) is 2.89. The summed E-state index contributed by atoms with van der Waals surface area (Å²) in [7, 11) is 0. The smallest absolute Gasteiger partial charge is 0.268 e. The molecule has 4 heteroatoms. The van der Waals surface area contributed by atoms with E-state index in [9.17, 15) is 9.18 Å². The number of benzene rings is 2. The van der Waals surface area contributed by atoms with Crippen molar-refractivity contribution in [2.75, 3.05) is 4.90 Å². The summed E-state index contributed by atoms with van der Waals surface area (Å²) in [5, 5.41) is 0. The highest BCUT2D eigenvalue weighted by atomic mass is 19.1. The number of ether oxygens (including phenoxy) is 1. The van der Waals surface area contributed by atoms with Crippen molar-refractivity contribution in [2.24, 2.45) is 0 Å². The van der Waals surface area contributed by atoms with Crippen LogP contribution in [-0.4, -0.2) is 18.1 Å². The summed E-state index contributed by atoms with van der Waals surface area (Å²) in [6.07, 6.45) is 0.171. The molecule has 1 heterocycles. The topological polar surface area (TPSA) is 29.5 Å². The minimum absolute atomic E-state index is 0.100. The van der Waals surface area contributed by atoms with Crippen LogP contribution in [0.5, 0.6) is 5.75 Å². The Balaban J connectivity index is 1.79. The number of hydrogen-bond acceptors (Lipinski definition) is 2. The maximum absolute atomic E-state index is 13.2. The second kappa shape index (κ2) is 5.79. The molecule has 2 atom stereocenters. The van der Waals surface area contributed by atoms with Gasteiger partial charge in [0.25, 0.3) is 5.91 Å². The molecule has 1 aliphatic heterocycles. The third kappa shape index (κ3) is 2.69. The molecule has 114 valence electrons. The number of amides is 1. The lowest BCUT2D eigenvalue weighted by Gasteiger charge is -2.26. The minimum Gasteiger partial charge on any atom is -0.481 e. The number of rotatable bonds is 3.